The fourth-order valence-electron chi connectivity index (χ4n) is 2.19. The second-order valence-corrected chi connectivity index (χ2v) is 6.75. The fraction of sp³-hybridized carbons (Fsp3) is 0.316. The van der Waals surface area contributed by atoms with E-state index < -0.39 is 0 Å². The Kier molecular flexibility index (Phi) is 4.89. The molecule has 0 aliphatic carbocycles. The first-order valence-corrected chi connectivity index (χ1v) is 8.49. The van der Waals surface area contributed by atoms with Crippen LogP contribution in [0.1, 0.15) is 48.7 Å². The minimum absolute atomic E-state index is 0.0866. The number of rotatable bonds is 5. The van der Waals surface area contributed by atoms with E-state index >= 15 is 0 Å². The van der Waals surface area contributed by atoms with Crippen LogP contribution in [0.2, 0.25) is 0 Å². The van der Waals surface area contributed by atoms with Gasteiger partial charge in [0.15, 0.2) is 5.78 Å². The molecule has 0 amide bonds. The molecule has 110 valence electrons. The van der Waals surface area contributed by atoms with Crippen molar-refractivity contribution < 1.29 is 4.79 Å². The summed E-state index contributed by atoms with van der Waals surface area (Å²) in [5, 5.41) is 0. The van der Waals surface area contributed by atoms with Gasteiger partial charge in [-0.1, -0.05) is 45.0 Å². The second-order valence-electron chi connectivity index (χ2n) is 5.87. The number of thioether (sulfide) groups is 1. The summed E-state index contributed by atoms with van der Waals surface area (Å²) < 4.78 is 0. The van der Waals surface area contributed by atoms with Crippen LogP contribution in [0.25, 0.3) is 0 Å². The summed E-state index contributed by atoms with van der Waals surface area (Å²) in [4.78, 5) is 13.6. The van der Waals surface area contributed by atoms with E-state index in [2.05, 4.69) is 32.9 Å². The lowest BCUT2D eigenvalue weighted by Crippen LogP contribution is -2.15. The van der Waals surface area contributed by atoms with E-state index in [1.807, 2.05) is 42.7 Å². The van der Waals surface area contributed by atoms with Crippen molar-refractivity contribution in [1.29, 1.82) is 0 Å². The van der Waals surface area contributed by atoms with Gasteiger partial charge in [0.1, 0.15) is 0 Å². The van der Waals surface area contributed by atoms with E-state index in [9.17, 15) is 4.79 Å². The summed E-state index contributed by atoms with van der Waals surface area (Å²) >= 11 is 1.68. The Labute approximate surface area is 131 Å². The number of hydrogen-bond acceptors (Lipinski definition) is 2. The molecule has 1 nitrogen and oxygen atoms in total. The number of carbonyl (C=O) groups is 1. The lowest BCUT2D eigenvalue weighted by molar-refractivity contribution is 0.103. The third-order valence-electron chi connectivity index (χ3n) is 4.16. The maximum absolute atomic E-state index is 12.5. The molecule has 0 aliphatic rings. The zero-order valence-corrected chi connectivity index (χ0v) is 14.0. The van der Waals surface area contributed by atoms with Gasteiger partial charge in [-0.05, 0) is 47.9 Å². The monoisotopic (exact) mass is 298 g/mol. The van der Waals surface area contributed by atoms with E-state index in [4.69, 9.17) is 0 Å². The van der Waals surface area contributed by atoms with Crippen molar-refractivity contribution in [1.82, 2.24) is 0 Å². The lowest BCUT2D eigenvalue weighted by atomic mass is 9.82. The number of ketones is 1. The van der Waals surface area contributed by atoms with Gasteiger partial charge in [-0.15, -0.1) is 11.8 Å². The van der Waals surface area contributed by atoms with E-state index in [0.717, 1.165) is 17.5 Å². The highest BCUT2D eigenvalue weighted by molar-refractivity contribution is 7.98. The highest BCUT2D eigenvalue weighted by Gasteiger charge is 2.18. The highest BCUT2D eigenvalue weighted by Crippen LogP contribution is 2.27. The van der Waals surface area contributed by atoms with Crippen LogP contribution in [0, 0.1) is 0 Å². The Hall–Kier alpha value is -1.54. The van der Waals surface area contributed by atoms with Gasteiger partial charge < -0.3 is 0 Å². The number of carbonyl (C=O) groups excluding carboxylic acids is 1. The Morgan fingerprint density at radius 2 is 1.43 bits per heavy atom. The minimum atomic E-state index is 0.0866. The third kappa shape index (κ3) is 3.56. The zero-order valence-electron chi connectivity index (χ0n) is 13.1. The molecule has 0 fully saturated rings. The summed E-state index contributed by atoms with van der Waals surface area (Å²) in [6, 6.07) is 15.8. The third-order valence-corrected chi connectivity index (χ3v) is 4.91. The molecule has 0 spiro atoms. The molecule has 0 aliphatic heterocycles. The SMILES string of the molecule is CCC(C)(C)c1ccc(C(=O)c2ccc(SC)cc2)cc1. The first-order valence-electron chi connectivity index (χ1n) is 7.27. The Bertz CT molecular complexity index is 609. The van der Waals surface area contributed by atoms with Crippen molar-refractivity contribution in [2.75, 3.05) is 6.26 Å². The normalized spacial score (nSPS) is 11.4. The molecule has 0 heterocycles. The van der Waals surface area contributed by atoms with Gasteiger partial charge in [-0.3, -0.25) is 4.79 Å². The van der Waals surface area contributed by atoms with Gasteiger partial charge in [0.25, 0.3) is 0 Å². The molecular weight excluding hydrogens is 276 g/mol. The Morgan fingerprint density at radius 3 is 1.86 bits per heavy atom. The van der Waals surface area contributed by atoms with Crippen LogP contribution in [-0.2, 0) is 5.41 Å². The van der Waals surface area contributed by atoms with Crippen LogP contribution >= 0.6 is 11.8 Å². The molecule has 0 bridgehead atoms. The Balaban J connectivity index is 2.23. The second kappa shape index (κ2) is 6.48. The summed E-state index contributed by atoms with van der Waals surface area (Å²) in [6.07, 6.45) is 3.11. The summed E-state index contributed by atoms with van der Waals surface area (Å²) in [5.41, 5.74) is 2.93. The van der Waals surface area contributed by atoms with E-state index in [1.165, 1.54) is 10.5 Å². The molecule has 0 unspecified atom stereocenters. The fourth-order valence-corrected chi connectivity index (χ4v) is 2.59. The molecule has 2 aromatic carbocycles. The van der Waals surface area contributed by atoms with Gasteiger partial charge in [-0.25, -0.2) is 0 Å². The van der Waals surface area contributed by atoms with Crippen molar-refractivity contribution in [2.24, 2.45) is 0 Å². The molecule has 0 N–H and O–H groups in total. The molecule has 0 saturated carbocycles. The Morgan fingerprint density at radius 1 is 0.952 bits per heavy atom. The standard InChI is InChI=1S/C19H22OS/c1-5-19(2,3)16-10-6-14(7-11-16)18(20)15-8-12-17(21-4)13-9-15/h6-13H,5H2,1-4H3. The van der Waals surface area contributed by atoms with Crippen molar-refractivity contribution in [3.63, 3.8) is 0 Å². The molecule has 0 saturated heterocycles. The van der Waals surface area contributed by atoms with Gasteiger partial charge in [-0.2, -0.15) is 0 Å². The van der Waals surface area contributed by atoms with Gasteiger partial charge in [0.2, 0.25) is 0 Å². The largest absolute Gasteiger partial charge is 0.289 e. The predicted molar refractivity (Wildman–Crippen MR) is 91.4 cm³/mol. The first-order chi connectivity index (χ1) is 9.97. The molecule has 2 heteroatoms. The number of hydrogen-bond donors (Lipinski definition) is 0. The van der Waals surface area contributed by atoms with Crippen LogP contribution in [0.15, 0.2) is 53.4 Å². The van der Waals surface area contributed by atoms with Crippen molar-refractivity contribution in [2.45, 2.75) is 37.5 Å². The van der Waals surface area contributed by atoms with Crippen molar-refractivity contribution >= 4 is 17.5 Å². The summed E-state index contributed by atoms with van der Waals surface area (Å²) in [5.74, 6) is 0.0866. The van der Waals surface area contributed by atoms with Crippen molar-refractivity contribution in [3.05, 3.63) is 65.2 Å². The average Bonchev–Trinajstić information content (AvgIpc) is 2.54. The number of benzene rings is 2. The van der Waals surface area contributed by atoms with Crippen LogP contribution in [0.5, 0.6) is 0 Å². The molecule has 0 aromatic heterocycles. The van der Waals surface area contributed by atoms with Gasteiger partial charge >= 0.3 is 0 Å². The highest BCUT2D eigenvalue weighted by atomic mass is 32.2. The maximum atomic E-state index is 12.5. The quantitative estimate of drug-likeness (QED) is 0.548. The van der Waals surface area contributed by atoms with E-state index in [0.29, 0.717) is 0 Å². The molecule has 21 heavy (non-hydrogen) atoms. The van der Waals surface area contributed by atoms with Gasteiger partial charge in [0, 0.05) is 16.0 Å². The van der Waals surface area contributed by atoms with E-state index in [1.54, 1.807) is 11.8 Å². The smallest absolute Gasteiger partial charge is 0.193 e. The molecule has 0 atom stereocenters. The molecule has 2 aromatic rings. The topological polar surface area (TPSA) is 17.1 Å². The molecular formula is C19H22OS. The molecule has 2 rings (SSSR count). The molecule has 0 radical (unpaired) electrons. The maximum Gasteiger partial charge on any atom is 0.193 e. The van der Waals surface area contributed by atoms with Gasteiger partial charge in [0.05, 0.1) is 0 Å². The lowest BCUT2D eigenvalue weighted by Gasteiger charge is -2.23. The van der Waals surface area contributed by atoms with Crippen LogP contribution in [-0.4, -0.2) is 12.0 Å². The first kappa shape index (κ1) is 15.8. The van der Waals surface area contributed by atoms with Crippen LogP contribution < -0.4 is 0 Å². The van der Waals surface area contributed by atoms with Crippen LogP contribution in [0.3, 0.4) is 0 Å². The summed E-state index contributed by atoms with van der Waals surface area (Å²) in [7, 11) is 0. The minimum Gasteiger partial charge on any atom is -0.289 e. The van der Waals surface area contributed by atoms with E-state index in [-0.39, 0.29) is 11.2 Å². The average molecular weight is 298 g/mol. The zero-order chi connectivity index (χ0) is 15.5. The predicted octanol–water partition coefficient (Wildman–Crippen LogP) is 5.33. The van der Waals surface area contributed by atoms with Crippen molar-refractivity contribution in [3.8, 4) is 0 Å². The summed E-state index contributed by atoms with van der Waals surface area (Å²) in [6.45, 7) is 6.64. The van der Waals surface area contributed by atoms with Crippen LogP contribution in [0.4, 0.5) is 0 Å².